The maximum absolute atomic E-state index is 12.9. The first-order valence-corrected chi connectivity index (χ1v) is 10.0. The van der Waals surface area contributed by atoms with E-state index in [4.69, 9.17) is 28.3 Å². The van der Waals surface area contributed by atoms with Crippen molar-refractivity contribution in [2.24, 2.45) is 5.92 Å². The molecule has 0 heterocycles. The molecule has 0 bridgehead atoms. The molecule has 2 rings (SSSR count). The van der Waals surface area contributed by atoms with Crippen molar-refractivity contribution in [1.82, 2.24) is 0 Å². The van der Waals surface area contributed by atoms with Crippen LogP contribution in [0.4, 0.5) is 5.69 Å². The summed E-state index contributed by atoms with van der Waals surface area (Å²) in [6, 6.07) is 10.5. The van der Waals surface area contributed by atoms with Gasteiger partial charge in [-0.2, -0.15) is 0 Å². The lowest BCUT2D eigenvalue weighted by Crippen LogP contribution is -2.34. The number of nitrogens with zero attached hydrogens (tertiary/aromatic N) is 1. The largest absolute Gasteiger partial charge is 0.478 e. The second kappa shape index (κ2) is 10.4. The van der Waals surface area contributed by atoms with Gasteiger partial charge in [-0.05, 0) is 48.4 Å². The van der Waals surface area contributed by atoms with Crippen LogP contribution in [0.5, 0.6) is 0 Å². The third-order valence-electron chi connectivity index (χ3n) is 4.70. The summed E-state index contributed by atoms with van der Waals surface area (Å²) in [5.74, 6) is -3.47. The Morgan fingerprint density at radius 2 is 1.63 bits per heavy atom. The summed E-state index contributed by atoms with van der Waals surface area (Å²) in [5, 5.41) is 9.75. The highest BCUT2D eigenvalue weighted by Gasteiger charge is 2.26. The second-order valence-corrected chi connectivity index (χ2v) is 7.67. The van der Waals surface area contributed by atoms with E-state index in [0.717, 1.165) is 0 Å². The maximum Gasteiger partial charge on any atom is 0.335 e. The van der Waals surface area contributed by atoms with Crippen LogP contribution >= 0.6 is 23.2 Å². The number of amides is 1. The minimum atomic E-state index is -1.10. The lowest BCUT2D eigenvalue weighted by atomic mass is 9.98. The van der Waals surface area contributed by atoms with Crippen molar-refractivity contribution in [3.8, 4) is 0 Å². The first-order valence-electron chi connectivity index (χ1n) is 9.28. The lowest BCUT2D eigenvalue weighted by molar-refractivity contribution is -0.140. The molecule has 2 aromatic rings. The fraction of sp³-hybridized carbons (Fsp3) is 0.273. The molecule has 6 nitrogen and oxygen atoms in total. The Bertz CT molecular complexity index is 972. The molecule has 1 N–H and O–H groups in total. The normalized spacial score (nSPS) is 11.6. The molecular formula is C22H21Cl2NO5. The topological polar surface area (TPSA) is 91.8 Å². The molecule has 0 saturated carbocycles. The Hall–Kier alpha value is -2.70. The average molecular weight is 450 g/mol. The molecule has 0 radical (unpaired) electrons. The third-order valence-corrected chi connectivity index (χ3v) is 5.44. The highest BCUT2D eigenvalue weighted by Crippen LogP contribution is 2.25. The number of carbonyl (C=O) groups is 4. The van der Waals surface area contributed by atoms with Crippen LogP contribution in [-0.2, 0) is 20.9 Å². The van der Waals surface area contributed by atoms with Crippen molar-refractivity contribution in [3.63, 3.8) is 0 Å². The van der Waals surface area contributed by atoms with Gasteiger partial charge in [0.15, 0.2) is 0 Å². The predicted octanol–water partition coefficient (Wildman–Crippen LogP) is 4.80. The monoisotopic (exact) mass is 449 g/mol. The third kappa shape index (κ3) is 5.90. The van der Waals surface area contributed by atoms with Gasteiger partial charge in [0.1, 0.15) is 0 Å². The number of carbonyl (C=O) groups excluding carboxylic acids is 3. The molecule has 0 aliphatic carbocycles. The van der Waals surface area contributed by atoms with Gasteiger partial charge in [0.05, 0.1) is 28.6 Å². The zero-order chi connectivity index (χ0) is 22.4. The van der Waals surface area contributed by atoms with Crippen LogP contribution in [0.15, 0.2) is 42.5 Å². The van der Waals surface area contributed by atoms with Gasteiger partial charge in [-0.3, -0.25) is 14.4 Å². The van der Waals surface area contributed by atoms with Gasteiger partial charge < -0.3 is 10.0 Å². The van der Waals surface area contributed by atoms with Crippen molar-refractivity contribution in [2.45, 2.75) is 33.2 Å². The van der Waals surface area contributed by atoms with Crippen LogP contribution in [0.1, 0.15) is 42.6 Å². The summed E-state index contributed by atoms with van der Waals surface area (Å²) in [4.78, 5) is 49.7. The molecule has 1 unspecified atom stereocenters. The number of rotatable bonds is 9. The minimum Gasteiger partial charge on any atom is -0.478 e. The summed E-state index contributed by atoms with van der Waals surface area (Å²) in [6.45, 7) is 3.49. The van der Waals surface area contributed by atoms with Crippen LogP contribution in [0.25, 0.3) is 0 Å². The number of carboxylic acids is 1. The standard InChI is InChI=1S/C22H21Cl2NO5/c1-3-13(2)21(28)19(26)11-20(27)25(12-14-4-9-17(23)18(24)10-14)16-7-5-15(6-8-16)22(29)30/h4-10,13H,3,11-12H2,1-2H3,(H,29,30). The molecule has 0 spiro atoms. The number of Topliss-reactive ketones (excluding diaryl/α,β-unsaturated/α-hetero) is 2. The van der Waals surface area contributed by atoms with E-state index in [2.05, 4.69) is 0 Å². The highest BCUT2D eigenvalue weighted by molar-refractivity contribution is 6.42. The number of aromatic carboxylic acids is 1. The molecule has 2 aromatic carbocycles. The highest BCUT2D eigenvalue weighted by atomic mass is 35.5. The van der Waals surface area contributed by atoms with Crippen LogP contribution in [0, 0.1) is 5.92 Å². The summed E-state index contributed by atoms with van der Waals surface area (Å²) >= 11 is 12.0. The fourth-order valence-corrected chi connectivity index (χ4v) is 3.03. The molecule has 0 aliphatic rings. The van der Waals surface area contributed by atoms with Gasteiger partial charge in [0.25, 0.3) is 0 Å². The quantitative estimate of drug-likeness (QED) is 0.438. The van der Waals surface area contributed by atoms with Crippen molar-refractivity contribution in [3.05, 3.63) is 63.6 Å². The van der Waals surface area contributed by atoms with Gasteiger partial charge in [-0.15, -0.1) is 0 Å². The van der Waals surface area contributed by atoms with E-state index in [1.807, 2.05) is 0 Å². The molecule has 0 aromatic heterocycles. The first kappa shape index (κ1) is 23.6. The SMILES string of the molecule is CCC(C)C(=O)C(=O)CC(=O)N(Cc1ccc(Cl)c(Cl)c1)c1ccc(C(=O)O)cc1. The lowest BCUT2D eigenvalue weighted by Gasteiger charge is -2.23. The zero-order valence-corrected chi connectivity index (χ0v) is 18.0. The Kier molecular flexibility index (Phi) is 8.15. The van der Waals surface area contributed by atoms with Gasteiger partial charge in [0, 0.05) is 11.6 Å². The van der Waals surface area contributed by atoms with Gasteiger partial charge >= 0.3 is 5.97 Å². The second-order valence-electron chi connectivity index (χ2n) is 6.85. The maximum atomic E-state index is 12.9. The van der Waals surface area contributed by atoms with Crippen molar-refractivity contribution < 1.29 is 24.3 Å². The fourth-order valence-electron chi connectivity index (χ4n) is 2.71. The predicted molar refractivity (Wildman–Crippen MR) is 115 cm³/mol. The molecule has 0 fully saturated rings. The van der Waals surface area contributed by atoms with Gasteiger partial charge in [0.2, 0.25) is 17.5 Å². The number of hydrogen-bond donors (Lipinski definition) is 1. The van der Waals surface area contributed by atoms with Crippen molar-refractivity contribution in [1.29, 1.82) is 0 Å². The Morgan fingerprint density at radius 1 is 1.00 bits per heavy atom. The molecule has 158 valence electrons. The molecule has 30 heavy (non-hydrogen) atoms. The summed E-state index contributed by atoms with van der Waals surface area (Å²) in [6.07, 6.45) is -0.0758. The van der Waals surface area contributed by atoms with Gasteiger partial charge in [-0.1, -0.05) is 43.1 Å². The Balaban J connectivity index is 2.33. The van der Waals surface area contributed by atoms with Crippen LogP contribution < -0.4 is 4.90 Å². The van der Waals surface area contributed by atoms with Crippen LogP contribution in [0.3, 0.4) is 0 Å². The Morgan fingerprint density at radius 3 is 2.17 bits per heavy atom. The molecule has 8 heteroatoms. The zero-order valence-electron chi connectivity index (χ0n) is 16.5. The van der Waals surface area contributed by atoms with Crippen molar-refractivity contribution >= 4 is 52.3 Å². The number of ketones is 2. The summed E-state index contributed by atoms with van der Waals surface area (Å²) in [5.41, 5.74) is 1.10. The summed E-state index contributed by atoms with van der Waals surface area (Å²) in [7, 11) is 0. The Labute approximate surface area is 184 Å². The van der Waals surface area contributed by atoms with E-state index in [1.54, 1.807) is 32.0 Å². The van der Waals surface area contributed by atoms with E-state index in [1.165, 1.54) is 29.2 Å². The van der Waals surface area contributed by atoms with E-state index < -0.39 is 35.8 Å². The average Bonchev–Trinajstić information content (AvgIpc) is 2.73. The molecular weight excluding hydrogens is 429 g/mol. The number of benzene rings is 2. The number of carboxylic acid groups (broad SMARTS) is 1. The molecule has 1 atom stereocenters. The smallest absolute Gasteiger partial charge is 0.335 e. The van der Waals surface area contributed by atoms with Crippen LogP contribution in [0.2, 0.25) is 10.0 Å². The number of halogens is 2. The minimum absolute atomic E-state index is 0.0590. The first-order chi connectivity index (χ1) is 14.1. The number of hydrogen-bond acceptors (Lipinski definition) is 4. The van der Waals surface area contributed by atoms with E-state index in [0.29, 0.717) is 27.7 Å². The van der Waals surface area contributed by atoms with E-state index >= 15 is 0 Å². The molecule has 0 saturated heterocycles. The number of anilines is 1. The van der Waals surface area contributed by atoms with Gasteiger partial charge in [-0.25, -0.2) is 4.79 Å². The van der Waals surface area contributed by atoms with E-state index in [-0.39, 0.29) is 12.1 Å². The van der Waals surface area contributed by atoms with Crippen LogP contribution in [-0.4, -0.2) is 28.5 Å². The summed E-state index contributed by atoms with van der Waals surface area (Å²) < 4.78 is 0. The van der Waals surface area contributed by atoms with E-state index in [9.17, 15) is 19.2 Å². The van der Waals surface area contributed by atoms with Crippen molar-refractivity contribution in [2.75, 3.05) is 4.90 Å². The molecule has 1 amide bonds. The molecule has 0 aliphatic heterocycles.